The summed E-state index contributed by atoms with van der Waals surface area (Å²) >= 11 is 0. The summed E-state index contributed by atoms with van der Waals surface area (Å²) in [4.78, 5) is 12.5. The molecule has 1 aliphatic rings. The van der Waals surface area contributed by atoms with E-state index in [2.05, 4.69) is 34.7 Å². The van der Waals surface area contributed by atoms with Crippen molar-refractivity contribution in [1.29, 1.82) is 0 Å². The molecule has 2 aromatic heterocycles. The van der Waals surface area contributed by atoms with Crippen LogP contribution in [-0.4, -0.2) is 33.6 Å². The fourth-order valence-electron chi connectivity index (χ4n) is 2.76. The van der Waals surface area contributed by atoms with E-state index in [9.17, 15) is 4.79 Å². The highest BCUT2D eigenvalue weighted by molar-refractivity contribution is 5.79. The first-order valence-electron chi connectivity index (χ1n) is 7.88. The van der Waals surface area contributed by atoms with Crippen LogP contribution in [0.1, 0.15) is 32.6 Å². The number of amides is 1. The van der Waals surface area contributed by atoms with Gasteiger partial charge in [-0.2, -0.15) is 0 Å². The minimum absolute atomic E-state index is 0.0154. The third-order valence-electron chi connectivity index (χ3n) is 4.52. The van der Waals surface area contributed by atoms with Gasteiger partial charge in [-0.1, -0.05) is 26.8 Å². The summed E-state index contributed by atoms with van der Waals surface area (Å²) in [7, 11) is 0. The second-order valence-corrected chi connectivity index (χ2v) is 6.42. The van der Waals surface area contributed by atoms with Crippen molar-refractivity contribution in [3.63, 3.8) is 0 Å². The van der Waals surface area contributed by atoms with Gasteiger partial charge in [0, 0.05) is 12.1 Å². The van der Waals surface area contributed by atoms with Crippen molar-refractivity contribution in [3.05, 3.63) is 30.2 Å². The van der Waals surface area contributed by atoms with Crippen LogP contribution in [-0.2, 0) is 4.79 Å². The van der Waals surface area contributed by atoms with Crippen LogP contribution in [0.25, 0.3) is 5.65 Å². The zero-order valence-electron chi connectivity index (χ0n) is 13.3. The van der Waals surface area contributed by atoms with Crippen LogP contribution in [0.5, 0.6) is 0 Å². The van der Waals surface area contributed by atoms with E-state index in [1.54, 1.807) is 0 Å². The lowest BCUT2D eigenvalue weighted by Gasteiger charge is -2.33. The lowest BCUT2D eigenvalue weighted by Crippen LogP contribution is -2.50. The highest BCUT2D eigenvalue weighted by Gasteiger charge is 2.31. The van der Waals surface area contributed by atoms with Gasteiger partial charge in [0.15, 0.2) is 11.5 Å². The lowest BCUT2D eigenvalue weighted by molar-refractivity contribution is -0.127. The zero-order valence-corrected chi connectivity index (χ0v) is 13.3. The summed E-state index contributed by atoms with van der Waals surface area (Å²) in [6.45, 7) is 8.03. The van der Waals surface area contributed by atoms with Gasteiger partial charge in [0.25, 0.3) is 0 Å². The maximum absolute atomic E-state index is 12.5. The molecule has 1 fully saturated rings. The number of fused-ring (bicyclic) bond motifs is 1. The first-order valence-corrected chi connectivity index (χ1v) is 7.88. The van der Waals surface area contributed by atoms with Crippen LogP contribution < -0.4 is 10.6 Å². The van der Waals surface area contributed by atoms with E-state index in [-0.39, 0.29) is 23.8 Å². The minimum Gasteiger partial charge on any atom is -0.346 e. The molecule has 6 heteroatoms. The summed E-state index contributed by atoms with van der Waals surface area (Å²) in [5.74, 6) is 1.57. The third-order valence-corrected chi connectivity index (χ3v) is 4.52. The van der Waals surface area contributed by atoms with Crippen LogP contribution >= 0.6 is 0 Å². The Kier molecular flexibility index (Phi) is 4.11. The largest absolute Gasteiger partial charge is 0.346 e. The van der Waals surface area contributed by atoms with Crippen LogP contribution in [0, 0.1) is 17.8 Å². The number of carbonyl (C=O) groups is 1. The van der Waals surface area contributed by atoms with E-state index in [0.717, 1.165) is 24.6 Å². The number of nitrogens with one attached hydrogen (secondary N) is 2. The highest BCUT2D eigenvalue weighted by Crippen LogP contribution is 2.23. The van der Waals surface area contributed by atoms with Crippen LogP contribution in [0.3, 0.4) is 0 Å². The Balaban J connectivity index is 1.82. The van der Waals surface area contributed by atoms with E-state index < -0.39 is 0 Å². The third kappa shape index (κ3) is 2.70. The molecule has 2 N–H and O–H groups in total. The van der Waals surface area contributed by atoms with E-state index in [4.69, 9.17) is 0 Å². The van der Waals surface area contributed by atoms with Gasteiger partial charge in [-0.3, -0.25) is 9.20 Å². The number of hydrogen-bond donors (Lipinski definition) is 2. The first kappa shape index (κ1) is 15.0. The number of nitrogens with zero attached hydrogens (tertiary/aromatic N) is 3. The zero-order chi connectivity index (χ0) is 15.7. The number of carbonyl (C=O) groups excluding carboxylic acids is 1. The predicted molar refractivity (Wildman–Crippen MR) is 84.2 cm³/mol. The number of aromatic nitrogens is 3. The second kappa shape index (κ2) is 6.04. The average Bonchev–Trinajstić information content (AvgIpc) is 2.86. The van der Waals surface area contributed by atoms with Gasteiger partial charge >= 0.3 is 0 Å². The molecule has 1 aliphatic heterocycles. The molecule has 0 aliphatic carbocycles. The Bertz CT molecular complexity index is 661. The van der Waals surface area contributed by atoms with E-state index >= 15 is 0 Å². The monoisotopic (exact) mass is 301 g/mol. The molecule has 6 nitrogen and oxygen atoms in total. The molecular formula is C16H23N5O. The van der Waals surface area contributed by atoms with Crippen LogP contribution in [0.4, 0.5) is 0 Å². The van der Waals surface area contributed by atoms with Gasteiger partial charge in [0.1, 0.15) is 0 Å². The molecule has 3 heterocycles. The molecule has 1 saturated heterocycles. The fourth-order valence-corrected chi connectivity index (χ4v) is 2.76. The van der Waals surface area contributed by atoms with Crippen molar-refractivity contribution in [2.24, 2.45) is 17.8 Å². The topological polar surface area (TPSA) is 71.3 Å². The normalized spacial score (nSPS) is 18.2. The van der Waals surface area contributed by atoms with E-state index in [1.807, 2.05) is 35.7 Å². The SMILES string of the molecule is CC(C)C(NC(=O)C(C)C1CNC1)c1nnc2ccccn12. The lowest BCUT2D eigenvalue weighted by atomic mass is 9.88. The van der Waals surface area contributed by atoms with Crippen LogP contribution in [0.2, 0.25) is 0 Å². The molecule has 22 heavy (non-hydrogen) atoms. The average molecular weight is 301 g/mol. The van der Waals surface area contributed by atoms with Gasteiger partial charge in [-0.25, -0.2) is 0 Å². The summed E-state index contributed by atoms with van der Waals surface area (Å²) in [5.41, 5.74) is 0.800. The van der Waals surface area contributed by atoms with Gasteiger partial charge < -0.3 is 10.6 Å². The molecule has 0 saturated carbocycles. The maximum Gasteiger partial charge on any atom is 0.223 e. The molecule has 2 atom stereocenters. The first-order chi connectivity index (χ1) is 10.6. The van der Waals surface area contributed by atoms with Gasteiger partial charge in [0.2, 0.25) is 5.91 Å². The highest BCUT2D eigenvalue weighted by atomic mass is 16.2. The Morgan fingerprint density at radius 1 is 1.32 bits per heavy atom. The van der Waals surface area contributed by atoms with Crippen molar-refractivity contribution < 1.29 is 4.79 Å². The van der Waals surface area contributed by atoms with Crippen molar-refractivity contribution in [2.45, 2.75) is 26.8 Å². The molecule has 118 valence electrons. The minimum atomic E-state index is -0.139. The quantitative estimate of drug-likeness (QED) is 0.875. The summed E-state index contributed by atoms with van der Waals surface area (Å²) in [5, 5.41) is 14.9. The van der Waals surface area contributed by atoms with Gasteiger partial charge in [-0.05, 0) is 37.1 Å². The smallest absolute Gasteiger partial charge is 0.223 e. The standard InChI is InChI=1S/C16H23N5O/c1-10(2)14(18-16(22)11(3)12-8-17-9-12)15-20-19-13-6-4-5-7-21(13)15/h4-7,10-12,14,17H,8-9H2,1-3H3,(H,18,22). The summed E-state index contributed by atoms with van der Waals surface area (Å²) in [6.07, 6.45) is 1.94. The molecule has 0 spiro atoms. The molecule has 1 amide bonds. The summed E-state index contributed by atoms with van der Waals surface area (Å²) < 4.78 is 1.94. The summed E-state index contributed by atoms with van der Waals surface area (Å²) in [6, 6.07) is 5.66. The molecular weight excluding hydrogens is 278 g/mol. The number of hydrogen-bond acceptors (Lipinski definition) is 4. The Hall–Kier alpha value is -1.95. The number of rotatable bonds is 5. The van der Waals surface area contributed by atoms with Crippen molar-refractivity contribution in [1.82, 2.24) is 25.2 Å². The molecule has 2 aromatic rings. The predicted octanol–water partition coefficient (Wildman–Crippen LogP) is 1.40. The van der Waals surface area contributed by atoms with Crippen molar-refractivity contribution >= 4 is 11.6 Å². The van der Waals surface area contributed by atoms with Crippen molar-refractivity contribution in [2.75, 3.05) is 13.1 Å². The molecule has 0 radical (unpaired) electrons. The second-order valence-electron chi connectivity index (χ2n) is 6.42. The van der Waals surface area contributed by atoms with E-state index in [0.29, 0.717) is 5.92 Å². The molecule has 3 rings (SSSR count). The fraction of sp³-hybridized carbons (Fsp3) is 0.562. The van der Waals surface area contributed by atoms with Crippen LogP contribution in [0.15, 0.2) is 24.4 Å². The molecule has 2 unspecified atom stereocenters. The van der Waals surface area contributed by atoms with Gasteiger partial charge in [0.05, 0.1) is 6.04 Å². The Labute approximate surface area is 130 Å². The maximum atomic E-state index is 12.5. The Morgan fingerprint density at radius 2 is 2.09 bits per heavy atom. The molecule has 0 bridgehead atoms. The van der Waals surface area contributed by atoms with Crippen molar-refractivity contribution in [3.8, 4) is 0 Å². The van der Waals surface area contributed by atoms with E-state index in [1.165, 1.54) is 0 Å². The number of pyridine rings is 1. The van der Waals surface area contributed by atoms with Gasteiger partial charge in [-0.15, -0.1) is 10.2 Å². The molecule has 0 aromatic carbocycles. The Morgan fingerprint density at radius 3 is 2.73 bits per heavy atom.